The first kappa shape index (κ1) is 17.5. The fourth-order valence-corrected chi connectivity index (χ4v) is 5.93. The molecule has 2 fully saturated rings. The van der Waals surface area contributed by atoms with Crippen molar-refractivity contribution in [3.05, 3.63) is 41.8 Å². The summed E-state index contributed by atoms with van der Waals surface area (Å²) < 4.78 is 0. The minimum absolute atomic E-state index is 0.909. The van der Waals surface area contributed by atoms with Crippen molar-refractivity contribution in [3.63, 3.8) is 0 Å². The summed E-state index contributed by atoms with van der Waals surface area (Å²) in [6.45, 7) is 6.15. The van der Waals surface area contributed by atoms with Crippen LogP contribution in [0.5, 0.6) is 0 Å². The second-order valence-electron chi connectivity index (χ2n) is 8.02. The normalized spacial score (nSPS) is 30.7. The van der Waals surface area contributed by atoms with Crippen molar-refractivity contribution in [3.8, 4) is 0 Å². The highest BCUT2D eigenvalue weighted by molar-refractivity contribution is 8.03. The predicted octanol–water partition coefficient (Wildman–Crippen LogP) is 5.02. The molecule has 3 heteroatoms. The van der Waals surface area contributed by atoms with Gasteiger partial charge in [-0.15, -0.1) is 11.8 Å². The molecule has 0 radical (unpaired) electrons. The quantitative estimate of drug-likeness (QED) is 0.731. The summed E-state index contributed by atoms with van der Waals surface area (Å²) in [7, 11) is 0. The van der Waals surface area contributed by atoms with Crippen molar-refractivity contribution < 1.29 is 0 Å². The van der Waals surface area contributed by atoms with E-state index in [1.807, 2.05) is 0 Å². The number of anilines is 1. The van der Waals surface area contributed by atoms with E-state index in [1.165, 1.54) is 76.9 Å². The Labute approximate surface area is 157 Å². The van der Waals surface area contributed by atoms with Crippen LogP contribution in [0.2, 0.25) is 0 Å². The molecule has 136 valence electrons. The van der Waals surface area contributed by atoms with Gasteiger partial charge in [0.15, 0.2) is 0 Å². The van der Waals surface area contributed by atoms with Crippen LogP contribution < -0.4 is 4.90 Å². The van der Waals surface area contributed by atoms with Gasteiger partial charge in [0.05, 0.1) is 0 Å². The van der Waals surface area contributed by atoms with Crippen LogP contribution in [0.4, 0.5) is 5.69 Å². The molecule has 2 nitrogen and oxygen atoms in total. The minimum Gasteiger partial charge on any atom is -0.369 e. The number of piperazine rings is 1. The van der Waals surface area contributed by atoms with Crippen molar-refractivity contribution in [2.24, 2.45) is 11.8 Å². The molecule has 0 spiro atoms. The molecule has 1 unspecified atom stereocenters. The Morgan fingerprint density at radius 2 is 1.68 bits per heavy atom. The first-order valence-corrected chi connectivity index (χ1v) is 11.2. The minimum atomic E-state index is 0.909. The van der Waals surface area contributed by atoms with Crippen molar-refractivity contribution in [1.29, 1.82) is 0 Å². The van der Waals surface area contributed by atoms with Crippen LogP contribution in [-0.2, 0) is 0 Å². The third-order valence-corrected chi connectivity index (χ3v) is 7.76. The molecule has 0 aromatic heterocycles. The highest BCUT2D eigenvalue weighted by Gasteiger charge is 2.28. The van der Waals surface area contributed by atoms with E-state index in [2.05, 4.69) is 63.4 Å². The Morgan fingerprint density at radius 3 is 2.36 bits per heavy atom. The second-order valence-corrected chi connectivity index (χ2v) is 9.17. The van der Waals surface area contributed by atoms with E-state index in [0.29, 0.717) is 0 Å². The zero-order valence-electron chi connectivity index (χ0n) is 15.4. The predicted molar refractivity (Wildman–Crippen MR) is 110 cm³/mol. The Kier molecular flexibility index (Phi) is 6.04. The zero-order chi connectivity index (χ0) is 16.9. The van der Waals surface area contributed by atoms with Gasteiger partial charge in [0.1, 0.15) is 0 Å². The molecule has 2 heterocycles. The number of benzene rings is 1. The van der Waals surface area contributed by atoms with E-state index in [0.717, 1.165) is 17.1 Å². The lowest BCUT2D eigenvalue weighted by Gasteiger charge is -2.37. The van der Waals surface area contributed by atoms with Crippen LogP contribution in [-0.4, -0.2) is 42.9 Å². The Hall–Kier alpha value is -0.930. The molecule has 0 N–H and O–H groups in total. The van der Waals surface area contributed by atoms with Gasteiger partial charge in [0.2, 0.25) is 0 Å². The summed E-state index contributed by atoms with van der Waals surface area (Å²) in [6.07, 6.45) is 11.0. The maximum Gasteiger partial charge on any atom is 0.0367 e. The van der Waals surface area contributed by atoms with Gasteiger partial charge in [-0.1, -0.05) is 37.1 Å². The molecule has 2 aliphatic heterocycles. The van der Waals surface area contributed by atoms with Gasteiger partial charge in [-0.2, -0.15) is 0 Å². The summed E-state index contributed by atoms with van der Waals surface area (Å²) in [5, 5.41) is 3.23. The van der Waals surface area contributed by atoms with E-state index in [9.17, 15) is 0 Å². The lowest BCUT2D eigenvalue weighted by Crippen LogP contribution is -2.47. The Morgan fingerprint density at radius 1 is 0.920 bits per heavy atom. The first-order valence-electron chi connectivity index (χ1n) is 10.2. The van der Waals surface area contributed by atoms with Crippen molar-refractivity contribution in [1.82, 2.24) is 4.90 Å². The molecule has 1 aromatic rings. The number of rotatable bonds is 5. The number of para-hydroxylation sites is 1. The van der Waals surface area contributed by atoms with Gasteiger partial charge in [-0.25, -0.2) is 0 Å². The molecule has 25 heavy (non-hydrogen) atoms. The molecule has 0 amide bonds. The summed E-state index contributed by atoms with van der Waals surface area (Å²) in [5.41, 5.74) is 1.39. The SMILES string of the molecule is C1=CSC(C2CCC(CCN3CCN(c4ccccc4)CC3)CC2)C1. The smallest absolute Gasteiger partial charge is 0.0367 e. The van der Waals surface area contributed by atoms with Gasteiger partial charge in [-0.05, 0) is 61.6 Å². The van der Waals surface area contributed by atoms with Crippen LogP contribution in [0.3, 0.4) is 0 Å². The average Bonchev–Trinajstić information content (AvgIpc) is 3.23. The Bertz CT molecular complexity index is 534. The molecule has 1 atom stereocenters. The van der Waals surface area contributed by atoms with E-state index in [-0.39, 0.29) is 0 Å². The molecule has 1 saturated heterocycles. The van der Waals surface area contributed by atoms with E-state index >= 15 is 0 Å². The number of thioether (sulfide) groups is 1. The second kappa shape index (κ2) is 8.64. The van der Waals surface area contributed by atoms with Crippen molar-refractivity contribution >= 4 is 17.4 Å². The third kappa shape index (κ3) is 4.62. The molecule has 3 aliphatic rings. The molecule has 1 saturated carbocycles. The summed E-state index contributed by atoms with van der Waals surface area (Å²) in [5.74, 6) is 1.98. The fraction of sp³-hybridized carbons (Fsp3) is 0.636. The van der Waals surface area contributed by atoms with Gasteiger partial charge < -0.3 is 4.90 Å². The standard InChI is InChI=1S/C22H32N2S/c1-2-5-21(6-3-1)24-16-14-23(15-17-24)13-12-19-8-10-20(11-9-19)22-7-4-18-25-22/h1-6,18-20,22H,7-17H2. The largest absolute Gasteiger partial charge is 0.369 e. The number of allylic oxidation sites excluding steroid dienone is 1. The first-order chi connectivity index (χ1) is 12.4. The van der Waals surface area contributed by atoms with Gasteiger partial charge in [0, 0.05) is 37.1 Å². The summed E-state index contributed by atoms with van der Waals surface area (Å²) in [6, 6.07) is 10.9. The molecule has 1 aromatic carbocycles. The Balaban J connectivity index is 1.14. The van der Waals surface area contributed by atoms with Gasteiger partial charge in [0.25, 0.3) is 0 Å². The van der Waals surface area contributed by atoms with Crippen molar-refractivity contribution in [2.45, 2.75) is 43.8 Å². The maximum absolute atomic E-state index is 2.70. The number of hydrogen-bond donors (Lipinski definition) is 0. The number of nitrogens with zero attached hydrogens (tertiary/aromatic N) is 2. The molecule has 1 aliphatic carbocycles. The fourth-order valence-electron chi connectivity index (χ4n) is 4.79. The number of hydrogen-bond acceptors (Lipinski definition) is 3. The monoisotopic (exact) mass is 356 g/mol. The third-order valence-electron chi connectivity index (χ3n) is 6.48. The summed E-state index contributed by atoms with van der Waals surface area (Å²) >= 11 is 2.09. The van der Waals surface area contributed by atoms with E-state index in [4.69, 9.17) is 0 Å². The zero-order valence-corrected chi connectivity index (χ0v) is 16.2. The lowest BCUT2D eigenvalue weighted by atomic mass is 9.78. The topological polar surface area (TPSA) is 6.48 Å². The molecular formula is C22H32N2S. The molecular weight excluding hydrogens is 324 g/mol. The van der Waals surface area contributed by atoms with Crippen LogP contribution in [0.1, 0.15) is 38.5 Å². The van der Waals surface area contributed by atoms with E-state index < -0.39 is 0 Å². The molecule has 0 bridgehead atoms. The van der Waals surface area contributed by atoms with Crippen LogP contribution >= 0.6 is 11.8 Å². The molecule has 4 rings (SSSR count). The van der Waals surface area contributed by atoms with Gasteiger partial charge >= 0.3 is 0 Å². The lowest BCUT2D eigenvalue weighted by molar-refractivity contribution is 0.203. The maximum atomic E-state index is 2.70. The van der Waals surface area contributed by atoms with Crippen LogP contribution in [0.15, 0.2) is 41.8 Å². The average molecular weight is 357 g/mol. The van der Waals surface area contributed by atoms with E-state index in [1.54, 1.807) is 0 Å². The highest BCUT2D eigenvalue weighted by Crippen LogP contribution is 2.40. The highest BCUT2D eigenvalue weighted by atomic mass is 32.2. The van der Waals surface area contributed by atoms with Crippen LogP contribution in [0.25, 0.3) is 0 Å². The van der Waals surface area contributed by atoms with Gasteiger partial charge in [-0.3, -0.25) is 4.90 Å². The van der Waals surface area contributed by atoms with Crippen LogP contribution in [0, 0.1) is 11.8 Å². The summed E-state index contributed by atoms with van der Waals surface area (Å²) in [4.78, 5) is 5.23. The van der Waals surface area contributed by atoms with Crippen molar-refractivity contribution in [2.75, 3.05) is 37.6 Å².